The molecule has 2 rings (SSSR count). The van der Waals surface area contributed by atoms with E-state index in [0.29, 0.717) is 12.0 Å². The second-order valence-corrected chi connectivity index (χ2v) is 6.11. The van der Waals surface area contributed by atoms with Gasteiger partial charge < -0.3 is 4.74 Å². The molecule has 0 aromatic heterocycles. The Morgan fingerprint density at radius 1 is 1.06 bits per heavy atom. The molecule has 1 aliphatic carbocycles. The summed E-state index contributed by atoms with van der Waals surface area (Å²) in [4.78, 5) is 0. The highest BCUT2D eigenvalue weighted by molar-refractivity contribution is 4.96. The summed E-state index contributed by atoms with van der Waals surface area (Å²) in [6, 6.07) is 0. The van der Waals surface area contributed by atoms with Crippen LogP contribution in [0.4, 0.5) is 0 Å². The van der Waals surface area contributed by atoms with Gasteiger partial charge in [0, 0.05) is 12.5 Å². The molecule has 0 spiro atoms. The highest BCUT2D eigenvalue weighted by atomic mass is 16.5. The average molecular weight is 250 g/mol. The monoisotopic (exact) mass is 250 g/mol. The minimum atomic E-state index is 0.539. The third-order valence-electron chi connectivity index (χ3n) is 4.64. The summed E-state index contributed by atoms with van der Waals surface area (Å²) in [5.41, 5.74) is 0. The summed E-state index contributed by atoms with van der Waals surface area (Å²) in [7, 11) is 0. The van der Waals surface area contributed by atoms with Gasteiger partial charge in [0.1, 0.15) is 0 Å². The van der Waals surface area contributed by atoms with Crippen LogP contribution in [-0.4, -0.2) is 12.7 Å². The van der Waals surface area contributed by atoms with Crippen molar-refractivity contribution in [3.05, 3.63) is 12.2 Å². The number of hydrogen-bond acceptors (Lipinski definition) is 1. The Balaban J connectivity index is 1.86. The fraction of sp³-hybridized carbons (Fsp3) is 0.882. The average Bonchev–Trinajstić information content (AvgIpc) is 2.45. The topological polar surface area (TPSA) is 9.23 Å². The van der Waals surface area contributed by atoms with E-state index in [2.05, 4.69) is 19.1 Å². The summed E-state index contributed by atoms with van der Waals surface area (Å²) in [5.74, 6) is 1.55. The quantitative estimate of drug-likeness (QED) is 0.487. The molecule has 0 amide bonds. The van der Waals surface area contributed by atoms with Crippen LogP contribution in [0.2, 0.25) is 0 Å². The van der Waals surface area contributed by atoms with Crippen molar-refractivity contribution in [2.45, 2.75) is 77.2 Å². The predicted octanol–water partition coefficient (Wildman–Crippen LogP) is 5.11. The smallest absolute Gasteiger partial charge is 0.0665 e. The van der Waals surface area contributed by atoms with Crippen molar-refractivity contribution in [1.82, 2.24) is 0 Å². The van der Waals surface area contributed by atoms with Gasteiger partial charge in [-0.25, -0.2) is 0 Å². The molecule has 2 aliphatic rings. The first kappa shape index (κ1) is 14.1. The van der Waals surface area contributed by atoms with Gasteiger partial charge in [0.25, 0.3) is 0 Å². The van der Waals surface area contributed by atoms with E-state index in [9.17, 15) is 0 Å². The Labute approximate surface area is 113 Å². The standard InChI is InChI=1S/C17H30O/c1-2-3-4-6-10-16-13-9-14-18-17(16)15-11-7-5-8-12-15/h6,10,15-17H,2-5,7-9,11-14H2,1H3/b10-6+/t16-,17+/m0/s1. The van der Waals surface area contributed by atoms with E-state index in [1.54, 1.807) is 0 Å². The van der Waals surface area contributed by atoms with E-state index in [0.717, 1.165) is 12.5 Å². The number of hydrogen-bond donors (Lipinski definition) is 0. The van der Waals surface area contributed by atoms with Gasteiger partial charge in [-0.15, -0.1) is 0 Å². The highest BCUT2D eigenvalue weighted by Gasteiger charge is 2.31. The van der Waals surface area contributed by atoms with Crippen LogP contribution in [0.25, 0.3) is 0 Å². The zero-order valence-electron chi connectivity index (χ0n) is 12.1. The van der Waals surface area contributed by atoms with E-state index in [-0.39, 0.29) is 0 Å². The van der Waals surface area contributed by atoms with Crippen molar-refractivity contribution in [2.75, 3.05) is 6.61 Å². The Morgan fingerprint density at radius 2 is 1.89 bits per heavy atom. The molecule has 1 nitrogen and oxygen atoms in total. The van der Waals surface area contributed by atoms with E-state index in [1.165, 1.54) is 64.2 Å². The molecule has 0 aromatic carbocycles. The van der Waals surface area contributed by atoms with Crippen LogP contribution in [0.1, 0.15) is 71.1 Å². The zero-order chi connectivity index (χ0) is 12.6. The lowest BCUT2D eigenvalue weighted by molar-refractivity contribution is -0.0549. The molecule has 104 valence electrons. The Bertz CT molecular complexity index is 240. The van der Waals surface area contributed by atoms with Gasteiger partial charge in [-0.2, -0.15) is 0 Å². The van der Waals surface area contributed by atoms with Crippen LogP contribution < -0.4 is 0 Å². The molecule has 1 aliphatic heterocycles. The van der Waals surface area contributed by atoms with E-state index in [4.69, 9.17) is 4.74 Å². The first-order valence-corrected chi connectivity index (χ1v) is 8.20. The van der Waals surface area contributed by atoms with Gasteiger partial charge in [0.2, 0.25) is 0 Å². The van der Waals surface area contributed by atoms with Crippen LogP contribution in [-0.2, 0) is 4.74 Å². The molecule has 2 atom stereocenters. The Morgan fingerprint density at radius 3 is 2.67 bits per heavy atom. The largest absolute Gasteiger partial charge is 0.377 e. The van der Waals surface area contributed by atoms with Crippen LogP contribution in [0.5, 0.6) is 0 Å². The van der Waals surface area contributed by atoms with Crippen molar-refractivity contribution in [2.24, 2.45) is 11.8 Å². The molecule has 0 N–H and O–H groups in total. The molecule has 0 bridgehead atoms. The molecule has 1 saturated heterocycles. The number of rotatable bonds is 5. The van der Waals surface area contributed by atoms with Gasteiger partial charge in [-0.3, -0.25) is 0 Å². The van der Waals surface area contributed by atoms with Gasteiger partial charge in [0.15, 0.2) is 0 Å². The van der Waals surface area contributed by atoms with Crippen LogP contribution in [0.3, 0.4) is 0 Å². The van der Waals surface area contributed by atoms with E-state index >= 15 is 0 Å². The SMILES string of the molecule is CCCC/C=C/[C@H]1CCCO[C@@H]1C1CCCCC1. The molecule has 0 unspecified atom stereocenters. The summed E-state index contributed by atoms with van der Waals surface area (Å²) in [6.45, 7) is 3.27. The summed E-state index contributed by atoms with van der Waals surface area (Å²) in [5, 5.41) is 0. The minimum absolute atomic E-state index is 0.539. The summed E-state index contributed by atoms with van der Waals surface area (Å²) >= 11 is 0. The Kier molecular flexibility index (Phi) is 6.26. The van der Waals surface area contributed by atoms with Crippen LogP contribution in [0.15, 0.2) is 12.2 Å². The van der Waals surface area contributed by atoms with Crippen LogP contribution >= 0.6 is 0 Å². The van der Waals surface area contributed by atoms with Gasteiger partial charge in [-0.1, -0.05) is 51.2 Å². The van der Waals surface area contributed by atoms with Crippen molar-refractivity contribution in [3.8, 4) is 0 Å². The molecule has 0 aromatic rings. The Hall–Kier alpha value is -0.300. The molecular formula is C17H30O. The second kappa shape index (κ2) is 7.99. The first-order chi connectivity index (χ1) is 8.92. The van der Waals surface area contributed by atoms with Crippen LogP contribution in [0, 0.1) is 11.8 Å². The fourth-order valence-corrected chi connectivity index (χ4v) is 3.57. The van der Waals surface area contributed by atoms with Gasteiger partial charge in [0.05, 0.1) is 6.10 Å². The molecule has 18 heavy (non-hydrogen) atoms. The lowest BCUT2D eigenvalue weighted by atomic mass is 9.78. The zero-order valence-corrected chi connectivity index (χ0v) is 12.1. The maximum Gasteiger partial charge on any atom is 0.0665 e. The van der Waals surface area contributed by atoms with Crippen molar-refractivity contribution in [3.63, 3.8) is 0 Å². The number of ether oxygens (including phenoxy) is 1. The van der Waals surface area contributed by atoms with Crippen molar-refractivity contribution in [1.29, 1.82) is 0 Å². The first-order valence-electron chi connectivity index (χ1n) is 8.20. The molecule has 2 fully saturated rings. The maximum absolute atomic E-state index is 6.14. The molecule has 1 heterocycles. The normalized spacial score (nSPS) is 30.9. The third-order valence-corrected chi connectivity index (χ3v) is 4.64. The predicted molar refractivity (Wildman–Crippen MR) is 77.7 cm³/mol. The van der Waals surface area contributed by atoms with E-state index in [1.807, 2.05) is 0 Å². The second-order valence-electron chi connectivity index (χ2n) is 6.11. The highest BCUT2D eigenvalue weighted by Crippen LogP contribution is 2.35. The number of unbranched alkanes of at least 4 members (excludes halogenated alkanes) is 2. The van der Waals surface area contributed by atoms with Gasteiger partial charge >= 0.3 is 0 Å². The number of allylic oxidation sites excluding steroid dienone is 1. The molecule has 0 radical (unpaired) electrons. The lowest BCUT2D eigenvalue weighted by Crippen LogP contribution is -2.36. The minimum Gasteiger partial charge on any atom is -0.377 e. The summed E-state index contributed by atoms with van der Waals surface area (Å²) in [6.07, 6.45) is 19.0. The fourth-order valence-electron chi connectivity index (χ4n) is 3.57. The molecule has 1 heteroatoms. The van der Waals surface area contributed by atoms with Gasteiger partial charge in [-0.05, 0) is 38.0 Å². The molecular weight excluding hydrogens is 220 g/mol. The molecule has 1 saturated carbocycles. The maximum atomic E-state index is 6.14. The third kappa shape index (κ3) is 4.12. The lowest BCUT2D eigenvalue weighted by Gasteiger charge is -2.37. The summed E-state index contributed by atoms with van der Waals surface area (Å²) < 4.78 is 6.14. The van der Waals surface area contributed by atoms with E-state index < -0.39 is 0 Å². The van der Waals surface area contributed by atoms with Crippen molar-refractivity contribution >= 4 is 0 Å². The van der Waals surface area contributed by atoms with Crippen molar-refractivity contribution < 1.29 is 4.74 Å².